The summed E-state index contributed by atoms with van der Waals surface area (Å²) in [5.41, 5.74) is 1.85. The van der Waals surface area contributed by atoms with Gasteiger partial charge in [-0.3, -0.25) is 5.32 Å². The summed E-state index contributed by atoms with van der Waals surface area (Å²) in [6, 6.07) is 15.7. The topological polar surface area (TPSA) is 45.0 Å². The normalized spacial score (nSPS) is 11.7. The van der Waals surface area contributed by atoms with Gasteiger partial charge in [0.1, 0.15) is 17.6 Å². The Kier molecular flexibility index (Phi) is 5.30. The van der Waals surface area contributed by atoms with E-state index >= 15 is 0 Å². The fourth-order valence-corrected chi connectivity index (χ4v) is 2.14. The Bertz CT molecular complexity index is 619. The van der Waals surface area contributed by atoms with E-state index in [-0.39, 0.29) is 5.82 Å². The van der Waals surface area contributed by atoms with Crippen molar-refractivity contribution in [1.82, 2.24) is 5.32 Å². The van der Waals surface area contributed by atoms with E-state index in [1.807, 2.05) is 24.3 Å². The minimum Gasteiger partial charge on any atom is -0.496 e. The minimum absolute atomic E-state index is 0.240. The zero-order valence-electron chi connectivity index (χ0n) is 11.8. The molecule has 4 heteroatoms. The van der Waals surface area contributed by atoms with Crippen LogP contribution in [0.4, 0.5) is 4.39 Å². The molecule has 0 amide bonds. The lowest BCUT2D eigenvalue weighted by Gasteiger charge is -2.15. The maximum atomic E-state index is 12.8. The van der Waals surface area contributed by atoms with Gasteiger partial charge in [-0.15, -0.1) is 0 Å². The quantitative estimate of drug-likeness (QED) is 0.885. The zero-order valence-corrected chi connectivity index (χ0v) is 11.8. The molecule has 21 heavy (non-hydrogen) atoms. The van der Waals surface area contributed by atoms with E-state index in [4.69, 9.17) is 4.74 Å². The Hall–Kier alpha value is -2.38. The van der Waals surface area contributed by atoms with Crippen molar-refractivity contribution >= 4 is 0 Å². The fourth-order valence-electron chi connectivity index (χ4n) is 2.14. The van der Waals surface area contributed by atoms with Crippen molar-refractivity contribution in [3.8, 4) is 11.8 Å². The summed E-state index contributed by atoms with van der Waals surface area (Å²) in [7, 11) is 1.59. The average molecular weight is 284 g/mol. The SMILES string of the molecule is COc1ccccc1C(C#N)NCCc1ccc(F)cc1. The summed E-state index contributed by atoms with van der Waals surface area (Å²) in [5.74, 6) is 0.453. The van der Waals surface area contributed by atoms with Gasteiger partial charge in [0, 0.05) is 12.1 Å². The lowest BCUT2D eigenvalue weighted by molar-refractivity contribution is 0.405. The van der Waals surface area contributed by atoms with Gasteiger partial charge in [-0.2, -0.15) is 5.26 Å². The monoisotopic (exact) mass is 284 g/mol. The Labute approximate surface area is 124 Å². The highest BCUT2D eigenvalue weighted by Gasteiger charge is 2.14. The van der Waals surface area contributed by atoms with Crippen LogP contribution in [-0.4, -0.2) is 13.7 Å². The number of hydrogen-bond donors (Lipinski definition) is 1. The number of halogens is 1. The first-order valence-electron chi connectivity index (χ1n) is 6.75. The molecule has 2 rings (SSSR count). The van der Waals surface area contributed by atoms with Crippen LogP contribution in [0.5, 0.6) is 5.75 Å². The Morgan fingerprint density at radius 2 is 1.90 bits per heavy atom. The van der Waals surface area contributed by atoms with Crippen molar-refractivity contribution in [2.45, 2.75) is 12.5 Å². The number of nitrogens with zero attached hydrogens (tertiary/aromatic N) is 1. The van der Waals surface area contributed by atoms with Gasteiger partial charge in [0.25, 0.3) is 0 Å². The number of nitriles is 1. The molecule has 0 spiro atoms. The summed E-state index contributed by atoms with van der Waals surface area (Å²) in [4.78, 5) is 0. The van der Waals surface area contributed by atoms with Gasteiger partial charge in [0.05, 0.1) is 13.2 Å². The third kappa shape index (κ3) is 4.04. The average Bonchev–Trinajstić information content (AvgIpc) is 2.53. The van der Waals surface area contributed by atoms with Crippen LogP contribution in [0.25, 0.3) is 0 Å². The maximum absolute atomic E-state index is 12.8. The number of ether oxygens (including phenoxy) is 1. The van der Waals surface area contributed by atoms with E-state index in [1.54, 1.807) is 19.2 Å². The highest BCUT2D eigenvalue weighted by Crippen LogP contribution is 2.24. The molecule has 3 nitrogen and oxygen atoms in total. The predicted octanol–water partition coefficient (Wildman–Crippen LogP) is 3.23. The Morgan fingerprint density at radius 3 is 2.57 bits per heavy atom. The molecule has 2 aromatic carbocycles. The molecule has 0 fully saturated rings. The standard InChI is InChI=1S/C17H17FN2O/c1-21-17-5-3-2-4-15(17)16(12-19)20-11-10-13-6-8-14(18)9-7-13/h2-9,16,20H,10-11H2,1H3. The number of para-hydroxylation sites is 1. The van der Waals surface area contributed by atoms with Crippen molar-refractivity contribution in [3.63, 3.8) is 0 Å². The molecule has 108 valence electrons. The van der Waals surface area contributed by atoms with Gasteiger partial charge >= 0.3 is 0 Å². The summed E-state index contributed by atoms with van der Waals surface area (Å²) in [6.45, 7) is 0.627. The van der Waals surface area contributed by atoms with E-state index in [1.165, 1.54) is 12.1 Å². The van der Waals surface area contributed by atoms with Crippen LogP contribution >= 0.6 is 0 Å². The molecule has 0 saturated carbocycles. The van der Waals surface area contributed by atoms with Crippen LogP contribution in [0.15, 0.2) is 48.5 Å². The molecule has 0 bridgehead atoms. The first kappa shape index (κ1) is 15.0. The van der Waals surface area contributed by atoms with E-state index < -0.39 is 6.04 Å². The largest absolute Gasteiger partial charge is 0.496 e. The van der Waals surface area contributed by atoms with Gasteiger partial charge in [-0.25, -0.2) is 4.39 Å². The summed E-state index contributed by atoms with van der Waals surface area (Å²) >= 11 is 0. The first-order valence-corrected chi connectivity index (χ1v) is 6.75. The lowest BCUT2D eigenvalue weighted by atomic mass is 10.1. The Morgan fingerprint density at radius 1 is 1.19 bits per heavy atom. The second-order valence-corrected chi connectivity index (χ2v) is 4.63. The molecule has 0 aliphatic rings. The van der Waals surface area contributed by atoms with Crippen molar-refractivity contribution < 1.29 is 9.13 Å². The van der Waals surface area contributed by atoms with Gasteiger partial charge in [-0.1, -0.05) is 30.3 Å². The van der Waals surface area contributed by atoms with Crippen molar-refractivity contribution in [2.75, 3.05) is 13.7 Å². The predicted molar refractivity (Wildman–Crippen MR) is 79.5 cm³/mol. The highest BCUT2D eigenvalue weighted by molar-refractivity contribution is 5.38. The third-order valence-electron chi connectivity index (χ3n) is 3.25. The molecule has 0 aliphatic heterocycles. The molecule has 0 radical (unpaired) electrons. The highest BCUT2D eigenvalue weighted by atomic mass is 19.1. The molecular weight excluding hydrogens is 267 g/mol. The first-order chi connectivity index (χ1) is 10.2. The molecule has 2 aromatic rings. The smallest absolute Gasteiger partial charge is 0.124 e. The molecule has 1 atom stereocenters. The van der Waals surface area contributed by atoms with Gasteiger partial charge in [-0.05, 0) is 30.2 Å². The molecule has 0 saturated heterocycles. The van der Waals surface area contributed by atoms with E-state index in [9.17, 15) is 9.65 Å². The van der Waals surface area contributed by atoms with Crippen molar-refractivity contribution in [2.24, 2.45) is 0 Å². The molecule has 1 unspecified atom stereocenters. The van der Waals surface area contributed by atoms with Gasteiger partial charge in [0.2, 0.25) is 0 Å². The number of methoxy groups -OCH3 is 1. The summed E-state index contributed by atoms with van der Waals surface area (Å²) < 4.78 is 18.1. The Balaban J connectivity index is 1.97. The molecule has 0 aliphatic carbocycles. The zero-order chi connectivity index (χ0) is 15.1. The lowest BCUT2D eigenvalue weighted by Crippen LogP contribution is -2.23. The molecular formula is C17H17FN2O. The van der Waals surface area contributed by atoms with Gasteiger partial charge in [0.15, 0.2) is 0 Å². The fraction of sp³-hybridized carbons (Fsp3) is 0.235. The number of hydrogen-bond acceptors (Lipinski definition) is 3. The second kappa shape index (κ2) is 7.41. The summed E-state index contributed by atoms with van der Waals surface area (Å²) in [5, 5.41) is 12.5. The third-order valence-corrected chi connectivity index (χ3v) is 3.25. The van der Waals surface area contributed by atoms with Crippen LogP contribution < -0.4 is 10.1 Å². The van der Waals surface area contributed by atoms with Gasteiger partial charge < -0.3 is 4.74 Å². The molecule has 0 aromatic heterocycles. The number of rotatable bonds is 6. The van der Waals surface area contributed by atoms with Crippen molar-refractivity contribution in [1.29, 1.82) is 5.26 Å². The van der Waals surface area contributed by atoms with E-state index in [0.29, 0.717) is 12.3 Å². The van der Waals surface area contributed by atoms with E-state index in [2.05, 4.69) is 11.4 Å². The van der Waals surface area contributed by atoms with Crippen LogP contribution in [0.2, 0.25) is 0 Å². The van der Waals surface area contributed by atoms with Crippen molar-refractivity contribution in [3.05, 3.63) is 65.5 Å². The van der Waals surface area contributed by atoms with Crippen LogP contribution in [0, 0.1) is 17.1 Å². The number of benzene rings is 2. The minimum atomic E-state index is -0.429. The van der Waals surface area contributed by atoms with Crippen LogP contribution in [-0.2, 0) is 6.42 Å². The number of nitrogens with one attached hydrogen (secondary N) is 1. The maximum Gasteiger partial charge on any atom is 0.124 e. The van der Waals surface area contributed by atoms with E-state index in [0.717, 1.165) is 17.5 Å². The molecule has 1 N–H and O–H groups in total. The second-order valence-electron chi connectivity index (χ2n) is 4.63. The molecule has 0 heterocycles. The van der Waals surface area contributed by atoms with Crippen LogP contribution in [0.1, 0.15) is 17.2 Å². The van der Waals surface area contributed by atoms with Crippen LogP contribution in [0.3, 0.4) is 0 Å². The summed E-state index contributed by atoms with van der Waals surface area (Å²) in [6.07, 6.45) is 0.730.